The molecule has 1 aliphatic rings. The van der Waals surface area contributed by atoms with Crippen LogP contribution in [0.2, 0.25) is 5.02 Å². The van der Waals surface area contributed by atoms with E-state index in [0.717, 1.165) is 23.2 Å². The maximum absolute atomic E-state index is 12.3. The Balaban J connectivity index is 1.55. The second-order valence-electron chi connectivity index (χ2n) is 6.37. The minimum absolute atomic E-state index is 0.0448. The van der Waals surface area contributed by atoms with Crippen molar-refractivity contribution in [3.8, 4) is 0 Å². The van der Waals surface area contributed by atoms with E-state index in [1.165, 1.54) is 10.6 Å². The van der Waals surface area contributed by atoms with Crippen molar-refractivity contribution in [1.29, 1.82) is 0 Å². The Hall–Kier alpha value is -2.79. The van der Waals surface area contributed by atoms with E-state index in [9.17, 15) is 9.59 Å². The van der Waals surface area contributed by atoms with Crippen molar-refractivity contribution >= 4 is 29.1 Å². The highest BCUT2D eigenvalue weighted by Gasteiger charge is 2.22. The lowest BCUT2D eigenvalue weighted by Gasteiger charge is -2.28. The largest absolute Gasteiger partial charge is 0.350 e. The van der Waals surface area contributed by atoms with Crippen LogP contribution in [0.3, 0.4) is 0 Å². The summed E-state index contributed by atoms with van der Waals surface area (Å²) in [6.07, 6.45) is 3.05. The van der Waals surface area contributed by atoms with E-state index in [1.807, 2.05) is 30.3 Å². The van der Waals surface area contributed by atoms with E-state index in [1.54, 1.807) is 12.1 Å². The first kappa shape index (κ1) is 19.0. The molecular formula is C21H22ClN3O2. The molecule has 0 aliphatic carbocycles. The van der Waals surface area contributed by atoms with Crippen LogP contribution in [-0.4, -0.2) is 23.4 Å². The average molecular weight is 384 g/mol. The summed E-state index contributed by atoms with van der Waals surface area (Å²) in [5, 5.41) is 4.85. The molecule has 2 N–H and O–H groups in total. The number of nitrogens with zero attached hydrogens (tertiary/aromatic N) is 1. The summed E-state index contributed by atoms with van der Waals surface area (Å²) < 4.78 is 0. The van der Waals surface area contributed by atoms with E-state index in [-0.39, 0.29) is 24.8 Å². The molecule has 0 aromatic heterocycles. The second-order valence-corrected chi connectivity index (χ2v) is 6.80. The fraction of sp³-hybridized carbons (Fsp3) is 0.238. The average Bonchev–Trinajstić information content (AvgIpc) is 2.69. The van der Waals surface area contributed by atoms with Crippen LogP contribution in [0.5, 0.6) is 0 Å². The summed E-state index contributed by atoms with van der Waals surface area (Å²) >= 11 is 5.92. The van der Waals surface area contributed by atoms with Gasteiger partial charge in [0, 0.05) is 18.0 Å². The SMILES string of the molecule is CCc1ccc(CNC(=O)CN2NC(c3ccc(Cl)cc3)=CCC2=O)cc1. The molecule has 5 nitrogen and oxygen atoms in total. The molecule has 27 heavy (non-hydrogen) atoms. The molecule has 1 aliphatic heterocycles. The fourth-order valence-electron chi connectivity index (χ4n) is 2.79. The van der Waals surface area contributed by atoms with Crippen LogP contribution in [-0.2, 0) is 22.6 Å². The normalized spacial score (nSPS) is 13.8. The van der Waals surface area contributed by atoms with Gasteiger partial charge in [-0.2, -0.15) is 0 Å². The van der Waals surface area contributed by atoms with Crippen LogP contribution in [0.15, 0.2) is 54.6 Å². The van der Waals surface area contributed by atoms with Crippen LogP contribution >= 0.6 is 11.6 Å². The van der Waals surface area contributed by atoms with E-state index < -0.39 is 0 Å². The number of hydrogen-bond acceptors (Lipinski definition) is 3. The number of hydrogen-bond donors (Lipinski definition) is 2. The Kier molecular flexibility index (Phi) is 6.14. The molecule has 0 fully saturated rings. The van der Waals surface area contributed by atoms with E-state index in [0.29, 0.717) is 11.6 Å². The molecule has 3 rings (SSSR count). The summed E-state index contributed by atoms with van der Waals surface area (Å²) in [5.74, 6) is -0.358. The Morgan fingerprint density at radius 3 is 2.44 bits per heavy atom. The highest BCUT2D eigenvalue weighted by atomic mass is 35.5. The number of carbonyl (C=O) groups is 2. The molecule has 140 valence electrons. The maximum Gasteiger partial charge on any atom is 0.245 e. The first-order valence-corrected chi connectivity index (χ1v) is 9.30. The van der Waals surface area contributed by atoms with Gasteiger partial charge in [-0.3, -0.25) is 15.0 Å². The van der Waals surface area contributed by atoms with Gasteiger partial charge in [-0.1, -0.05) is 54.9 Å². The summed E-state index contributed by atoms with van der Waals surface area (Å²) in [6.45, 7) is 2.49. The molecule has 0 bridgehead atoms. The fourth-order valence-corrected chi connectivity index (χ4v) is 2.91. The second kappa shape index (κ2) is 8.73. The number of halogens is 1. The lowest BCUT2D eigenvalue weighted by atomic mass is 10.1. The molecule has 0 atom stereocenters. The molecule has 6 heteroatoms. The first-order valence-electron chi connectivity index (χ1n) is 8.93. The van der Waals surface area contributed by atoms with Crippen LogP contribution in [0.1, 0.15) is 30.0 Å². The molecular weight excluding hydrogens is 362 g/mol. The Bertz CT molecular complexity index is 845. The number of amides is 2. The zero-order valence-corrected chi connectivity index (χ0v) is 15.9. The van der Waals surface area contributed by atoms with Gasteiger partial charge in [0.15, 0.2) is 0 Å². The van der Waals surface area contributed by atoms with Crippen LogP contribution in [0, 0.1) is 0 Å². The van der Waals surface area contributed by atoms with Crippen LogP contribution < -0.4 is 10.7 Å². The van der Waals surface area contributed by atoms with Gasteiger partial charge in [0.05, 0.1) is 5.70 Å². The number of nitrogens with one attached hydrogen (secondary N) is 2. The van der Waals surface area contributed by atoms with Gasteiger partial charge in [-0.25, -0.2) is 5.01 Å². The minimum atomic E-state index is -0.215. The molecule has 1 heterocycles. The molecule has 0 spiro atoms. The topological polar surface area (TPSA) is 61.4 Å². The third-order valence-electron chi connectivity index (χ3n) is 4.42. The van der Waals surface area contributed by atoms with Crippen molar-refractivity contribution in [2.24, 2.45) is 0 Å². The van der Waals surface area contributed by atoms with Crippen molar-refractivity contribution in [1.82, 2.24) is 15.8 Å². The standard InChI is InChI=1S/C21H22ClN3O2/c1-2-15-3-5-16(6-4-15)13-23-20(26)14-25-21(27)12-11-19(24-25)17-7-9-18(22)10-8-17/h3-11,24H,2,12-14H2,1H3,(H,23,26). The van der Waals surface area contributed by atoms with Gasteiger partial charge in [0.25, 0.3) is 0 Å². The van der Waals surface area contributed by atoms with Crippen LogP contribution in [0.4, 0.5) is 0 Å². The molecule has 2 aromatic carbocycles. The number of hydrazine groups is 1. The number of aryl methyl sites for hydroxylation is 1. The van der Waals surface area contributed by atoms with E-state index >= 15 is 0 Å². The number of carbonyl (C=O) groups excluding carboxylic acids is 2. The quantitative estimate of drug-likeness (QED) is 0.804. The van der Waals surface area contributed by atoms with Crippen molar-refractivity contribution < 1.29 is 9.59 Å². The Labute approximate surface area is 164 Å². The molecule has 0 radical (unpaired) electrons. The van der Waals surface area contributed by atoms with Gasteiger partial charge in [-0.15, -0.1) is 0 Å². The molecule has 2 aromatic rings. The van der Waals surface area contributed by atoms with Crippen molar-refractivity contribution in [3.63, 3.8) is 0 Å². The Morgan fingerprint density at radius 2 is 1.78 bits per heavy atom. The van der Waals surface area contributed by atoms with Crippen molar-refractivity contribution in [3.05, 3.63) is 76.3 Å². The smallest absolute Gasteiger partial charge is 0.245 e. The summed E-state index contributed by atoms with van der Waals surface area (Å²) in [6, 6.07) is 15.4. The zero-order valence-electron chi connectivity index (χ0n) is 15.2. The molecule has 2 amide bonds. The van der Waals surface area contributed by atoms with Crippen molar-refractivity contribution in [2.75, 3.05) is 6.54 Å². The summed E-state index contributed by atoms with van der Waals surface area (Å²) in [5.41, 5.74) is 7.01. The molecule has 0 saturated carbocycles. The van der Waals surface area contributed by atoms with E-state index in [2.05, 4.69) is 29.8 Å². The van der Waals surface area contributed by atoms with Gasteiger partial charge >= 0.3 is 0 Å². The Morgan fingerprint density at radius 1 is 1.11 bits per heavy atom. The first-order chi connectivity index (χ1) is 13.0. The molecule has 0 unspecified atom stereocenters. The third-order valence-corrected chi connectivity index (χ3v) is 4.67. The van der Waals surface area contributed by atoms with Gasteiger partial charge in [0.2, 0.25) is 11.8 Å². The number of rotatable bonds is 6. The maximum atomic E-state index is 12.3. The van der Waals surface area contributed by atoms with Crippen molar-refractivity contribution in [2.45, 2.75) is 26.3 Å². The lowest BCUT2D eigenvalue weighted by Crippen LogP contribution is -2.49. The van der Waals surface area contributed by atoms with Crippen LogP contribution in [0.25, 0.3) is 5.70 Å². The van der Waals surface area contributed by atoms with Gasteiger partial charge in [0.1, 0.15) is 6.54 Å². The summed E-state index contributed by atoms with van der Waals surface area (Å²) in [7, 11) is 0. The lowest BCUT2D eigenvalue weighted by molar-refractivity contribution is -0.137. The summed E-state index contributed by atoms with van der Waals surface area (Å²) in [4.78, 5) is 24.4. The zero-order chi connectivity index (χ0) is 19.2. The predicted molar refractivity (Wildman–Crippen MR) is 107 cm³/mol. The van der Waals surface area contributed by atoms with Gasteiger partial charge in [-0.05, 0) is 41.3 Å². The number of benzene rings is 2. The minimum Gasteiger partial charge on any atom is -0.350 e. The third kappa shape index (κ3) is 5.11. The highest BCUT2D eigenvalue weighted by molar-refractivity contribution is 6.30. The molecule has 0 saturated heterocycles. The predicted octanol–water partition coefficient (Wildman–Crippen LogP) is 3.30. The van der Waals surface area contributed by atoms with E-state index in [4.69, 9.17) is 11.6 Å². The van der Waals surface area contributed by atoms with Gasteiger partial charge < -0.3 is 5.32 Å². The highest BCUT2D eigenvalue weighted by Crippen LogP contribution is 2.19. The monoisotopic (exact) mass is 383 g/mol.